The first-order valence-corrected chi connectivity index (χ1v) is 8.85. The van der Waals surface area contributed by atoms with Gasteiger partial charge in [0.2, 0.25) is 5.91 Å². The van der Waals surface area contributed by atoms with Crippen LogP contribution in [0, 0.1) is 17.2 Å². The third-order valence-electron chi connectivity index (χ3n) is 5.37. The summed E-state index contributed by atoms with van der Waals surface area (Å²) in [4.78, 5) is 33.4. The predicted octanol–water partition coefficient (Wildman–Crippen LogP) is 1.38. The van der Waals surface area contributed by atoms with E-state index in [9.17, 15) is 9.59 Å². The first kappa shape index (κ1) is 18.0. The maximum atomic E-state index is 12.8. The zero-order valence-corrected chi connectivity index (χ0v) is 14.8. The van der Waals surface area contributed by atoms with Crippen molar-refractivity contribution < 1.29 is 14.7 Å². The minimum absolute atomic E-state index is 0.0153. The third-order valence-corrected chi connectivity index (χ3v) is 5.37. The summed E-state index contributed by atoms with van der Waals surface area (Å²) < 4.78 is 0. The van der Waals surface area contributed by atoms with Crippen molar-refractivity contribution in [2.75, 3.05) is 38.1 Å². The first-order valence-electron chi connectivity index (χ1n) is 8.85. The maximum Gasteiger partial charge on any atom is 0.407 e. The van der Waals surface area contributed by atoms with Gasteiger partial charge < -0.3 is 19.8 Å². The lowest BCUT2D eigenvalue weighted by atomic mass is 9.95. The molecule has 1 aromatic rings. The number of likely N-dealkylation sites (tertiary alicyclic amines) is 1. The molecule has 138 valence electrons. The Kier molecular flexibility index (Phi) is 5.26. The summed E-state index contributed by atoms with van der Waals surface area (Å²) in [5, 5.41) is 17.9. The van der Waals surface area contributed by atoms with Gasteiger partial charge in [-0.15, -0.1) is 0 Å². The Morgan fingerprint density at radius 2 is 2.00 bits per heavy atom. The lowest BCUT2D eigenvalue weighted by Crippen LogP contribution is -2.44. The van der Waals surface area contributed by atoms with Gasteiger partial charge in [-0.1, -0.05) is 0 Å². The second-order valence-corrected chi connectivity index (χ2v) is 6.90. The van der Waals surface area contributed by atoms with Crippen LogP contribution in [0.5, 0.6) is 0 Å². The van der Waals surface area contributed by atoms with Gasteiger partial charge in [0.15, 0.2) is 0 Å². The summed E-state index contributed by atoms with van der Waals surface area (Å²) in [6.45, 7) is 2.61. The van der Waals surface area contributed by atoms with Crippen LogP contribution in [-0.4, -0.2) is 71.2 Å². The van der Waals surface area contributed by atoms with Crippen molar-refractivity contribution >= 4 is 17.8 Å². The molecule has 1 N–H and O–H groups in total. The van der Waals surface area contributed by atoms with E-state index in [-0.39, 0.29) is 17.9 Å². The number of carbonyl (C=O) groups is 2. The van der Waals surface area contributed by atoms with E-state index in [2.05, 4.69) is 16.0 Å². The Bertz CT molecular complexity index is 707. The maximum absolute atomic E-state index is 12.8. The smallest absolute Gasteiger partial charge is 0.407 e. The number of aromatic nitrogens is 1. The van der Waals surface area contributed by atoms with Gasteiger partial charge in [-0.05, 0) is 31.4 Å². The molecule has 2 aliphatic heterocycles. The minimum atomic E-state index is -0.951. The summed E-state index contributed by atoms with van der Waals surface area (Å²) in [5.41, 5.74) is 0.536. The molecule has 0 radical (unpaired) electrons. The zero-order valence-electron chi connectivity index (χ0n) is 14.8. The van der Waals surface area contributed by atoms with Gasteiger partial charge in [-0.25, -0.2) is 9.78 Å². The first-order chi connectivity index (χ1) is 12.5. The number of nitriles is 1. The van der Waals surface area contributed by atoms with Crippen LogP contribution in [0.1, 0.15) is 24.8 Å². The topological polar surface area (TPSA) is 101 Å². The van der Waals surface area contributed by atoms with Crippen molar-refractivity contribution in [3.8, 4) is 6.07 Å². The van der Waals surface area contributed by atoms with Crippen LogP contribution in [0.4, 0.5) is 10.6 Å². The number of carboxylic acid groups (broad SMARTS) is 1. The van der Waals surface area contributed by atoms with Crippen molar-refractivity contribution in [2.45, 2.75) is 25.3 Å². The number of rotatable bonds is 3. The van der Waals surface area contributed by atoms with Crippen LogP contribution in [-0.2, 0) is 4.79 Å². The Hall–Kier alpha value is -2.82. The average molecular weight is 357 g/mol. The largest absolute Gasteiger partial charge is 0.465 e. The van der Waals surface area contributed by atoms with Crippen molar-refractivity contribution in [1.29, 1.82) is 5.26 Å². The second kappa shape index (κ2) is 7.60. The second-order valence-electron chi connectivity index (χ2n) is 6.90. The van der Waals surface area contributed by atoms with Gasteiger partial charge in [-0.3, -0.25) is 4.79 Å². The molecule has 3 rings (SSSR count). The number of likely N-dealkylation sites (N-methyl/N-ethyl adjacent to an activating group) is 1. The third kappa shape index (κ3) is 3.72. The van der Waals surface area contributed by atoms with Crippen LogP contribution in [0.15, 0.2) is 18.3 Å². The van der Waals surface area contributed by atoms with Gasteiger partial charge in [-0.2, -0.15) is 5.26 Å². The van der Waals surface area contributed by atoms with Gasteiger partial charge in [0, 0.05) is 45.3 Å². The van der Waals surface area contributed by atoms with E-state index in [1.54, 1.807) is 19.3 Å². The molecule has 2 saturated heterocycles. The summed E-state index contributed by atoms with van der Waals surface area (Å²) in [7, 11) is 1.56. The van der Waals surface area contributed by atoms with E-state index in [1.807, 2.05) is 11.0 Å². The van der Waals surface area contributed by atoms with E-state index in [0.717, 1.165) is 31.7 Å². The Morgan fingerprint density at radius 1 is 1.27 bits per heavy atom. The molecule has 0 spiro atoms. The number of piperidine rings is 1. The van der Waals surface area contributed by atoms with Crippen LogP contribution in [0.3, 0.4) is 0 Å². The lowest BCUT2D eigenvalue weighted by molar-refractivity contribution is -0.135. The van der Waals surface area contributed by atoms with Crippen LogP contribution in [0.2, 0.25) is 0 Å². The molecular formula is C18H23N5O3. The summed E-state index contributed by atoms with van der Waals surface area (Å²) >= 11 is 0. The molecule has 1 atom stereocenters. The van der Waals surface area contributed by atoms with Crippen LogP contribution in [0.25, 0.3) is 0 Å². The molecule has 0 aliphatic carbocycles. The number of nitrogens with zero attached hydrogens (tertiary/aromatic N) is 5. The highest BCUT2D eigenvalue weighted by molar-refractivity contribution is 5.79. The van der Waals surface area contributed by atoms with Gasteiger partial charge >= 0.3 is 6.09 Å². The molecule has 26 heavy (non-hydrogen) atoms. The number of carbonyl (C=O) groups excluding carboxylic acids is 1. The number of hydrogen-bond acceptors (Lipinski definition) is 5. The molecule has 0 aromatic carbocycles. The van der Waals surface area contributed by atoms with Crippen LogP contribution < -0.4 is 4.90 Å². The normalized spacial score (nSPS) is 20.7. The molecule has 2 aliphatic rings. The fourth-order valence-electron chi connectivity index (χ4n) is 3.67. The van der Waals surface area contributed by atoms with Gasteiger partial charge in [0.05, 0.1) is 11.6 Å². The Morgan fingerprint density at radius 3 is 2.58 bits per heavy atom. The molecule has 0 bridgehead atoms. The van der Waals surface area contributed by atoms with Crippen molar-refractivity contribution in [1.82, 2.24) is 14.8 Å². The van der Waals surface area contributed by atoms with E-state index >= 15 is 0 Å². The van der Waals surface area contributed by atoms with Gasteiger partial charge in [0.1, 0.15) is 11.9 Å². The summed E-state index contributed by atoms with van der Waals surface area (Å²) in [5.74, 6) is 0.955. The predicted molar refractivity (Wildman–Crippen MR) is 94.7 cm³/mol. The highest BCUT2D eigenvalue weighted by Gasteiger charge is 2.35. The minimum Gasteiger partial charge on any atom is -0.465 e. The summed E-state index contributed by atoms with van der Waals surface area (Å²) in [6.07, 6.45) is 2.83. The molecule has 8 heteroatoms. The number of hydrogen-bond donors (Lipinski definition) is 1. The quantitative estimate of drug-likeness (QED) is 0.877. The fraction of sp³-hybridized carbons (Fsp3) is 0.556. The Labute approximate surface area is 152 Å². The Balaban J connectivity index is 1.52. The standard InChI is InChI=1S/C18H23N5O3/c1-21(18(25)26)15-6-9-23(12-15)17(24)14-4-7-22(8-5-14)16-3-2-13(10-19)11-20-16/h2-3,11,14-15H,4-9,12H2,1H3,(H,25,26). The van der Waals surface area contributed by atoms with E-state index in [0.29, 0.717) is 25.1 Å². The highest BCUT2D eigenvalue weighted by atomic mass is 16.4. The van der Waals surface area contributed by atoms with Crippen molar-refractivity contribution in [2.24, 2.45) is 5.92 Å². The number of pyridine rings is 1. The van der Waals surface area contributed by atoms with Crippen molar-refractivity contribution in [3.05, 3.63) is 23.9 Å². The highest BCUT2D eigenvalue weighted by Crippen LogP contribution is 2.25. The number of anilines is 1. The molecule has 2 fully saturated rings. The van der Waals surface area contributed by atoms with Gasteiger partial charge in [0.25, 0.3) is 0 Å². The number of amides is 2. The zero-order chi connectivity index (χ0) is 18.7. The monoisotopic (exact) mass is 357 g/mol. The fourth-order valence-corrected chi connectivity index (χ4v) is 3.67. The van der Waals surface area contributed by atoms with Crippen molar-refractivity contribution in [3.63, 3.8) is 0 Å². The lowest BCUT2D eigenvalue weighted by Gasteiger charge is -2.34. The van der Waals surface area contributed by atoms with E-state index in [4.69, 9.17) is 10.4 Å². The molecule has 8 nitrogen and oxygen atoms in total. The van der Waals surface area contributed by atoms with Crippen LogP contribution >= 0.6 is 0 Å². The van der Waals surface area contributed by atoms with E-state index < -0.39 is 6.09 Å². The SMILES string of the molecule is CN(C(=O)O)C1CCN(C(=O)C2CCN(c3ccc(C#N)cn3)CC2)C1. The van der Waals surface area contributed by atoms with E-state index in [1.165, 1.54) is 4.90 Å². The molecule has 1 unspecified atom stereocenters. The molecule has 2 amide bonds. The average Bonchev–Trinajstić information content (AvgIpc) is 3.17. The molecule has 1 aromatic heterocycles. The molecule has 0 saturated carbocycles. The summed E-state index contributed by atoms with van der Waals surface area (Å²) in [6, 6.07) is 5.54. The molecule has 3 heterocycles. The molecular weight excluding hydrogens is 334 g/mol.